The van der Waals surface area contributed by atoms with Crippen molar-refractivity contribution >= 4 is 12.0 Å². The Kier molecular flexibility index (Phi) is 4.52. The standard InChI is InChI=1S/C7H12N2O3/c1-3-12-7(11)9-4-5(2)6(8)10/h4H,3H2,1-2H3,(H2,8,10)(H,9,11). The molecular formula is C7H12N2O3. The molecule has 0 aliphatic rings. The van der Waals surface area contributed by atoms with Crippen LogP contribution in [0, 0.1) is 0 Å². The molecular weight excluding hydrogens is 160 g/mol. The normalized spacial score (nSPS) is 10.7. The van der Waals surface area contributed by atoms with Crippen LogP contribution in [-0.4, -0.2) is 18.6 Å². The van der Waals surface area contributed by atoms with E-state index in [1.807, 2.05) is 0 Å². The number of amides is 2. The molecule has 0 saturated heterocycles. The van der Waals surface area contributed by atoms with Gasteiger partial charge in [-0.15, -0.1) is 0 Å². The van der Waals surface area contributed by atoms with Crippen LogP contribution in [0.3, 0.4) is 0 Å². The number of rotatable bonds is 3. The van der Waals surface area contributed by atoms with Gasteiger partial charge in [-0.3, -0.25) is 10.1 Å². The number of carbonyl (C=O) groups is 2. The summed E-state index contributed by atoms with van der Waals surface area (Å²) in [6.07, 6.45) is 0.610. The first-order valence-electron chi connectivity index (χ1n) is 3.47. The van der Waals surface area contributed by atoms with Crippen molar-refractivity contribution in [1.29, 1.82) is 0 Å². The molecule has 0 radical (unpaired) electrons. The van der Waals surface area contributed by atoms with E-state index in [0.717, 1.165) is 0 Å². The van der Waals surface area contributed by atoms with Gasteiger partial charge in [-0.05, 0) is 13.8 Å². The Morgan fingerprint density at radius 3 is 2.58 bits per heavy atom. The minimum atomic E-state index is -0.599. The van der Waals surface area contributed by atoms with Gasteiger partial charge < -0.3 is 10.5 Å². The molecule has 12 heavy (non-hydrogen) atoms. The van der Waals surface area contributed by atoms with Gasteiger partial charge in [0, 0.05) is 11.8 Å². The van der Waals surface area contributed by atoms with Crippen LogP contribution in [0.1, 0.15) is 13.8 Å². The first-order chi connectivity index (χ1) is 5.57. The molecule has 0 aliphatic carbocycles. The highest BCUT2D eigenvalue weighted by Crippen LogP contribution is 1.87. The quantitative estimate of drug-likeness (QED) is 0.593. The molecule has 3 N–H and O–H groups in total. The van der Waals surface area contributed by atoms with Crippen LogP contribution in [0.15, 0.2) is 11.8 Å². The zero-order valence-corrected chi connectivity index (χ0v) is 7.09. The maximum absolute atomic E-state index is 10.6. The maximum Gasteiger partial charge on any atom is 0.411 e. The van der Waals surface area contributed by atoms with E-state index in [0.29, 0.717) is 0 Å². The van der Waals surface area contributed by atoms with E-state index in [9.17, 15) is 9.59 Å². The maximum atomic E-state index is 10.6. The Morgan fingerprint density at radius 2 is 2.17 bits per heavy atom. The lowest BCUT2D eigenvalue weighted by molar-refractivity contribution is -0.114. The molecule has 0 spiro atoms. The third kappa shape index (κ3) is 4.32. The minimum absolute atomic E-state index is 0.267. The van der Waals surface area contributed by atoms with Crippen LogP contribution in [0.4, 0.5) is 4.79 Å². The number of ether oxygens (including phenoxy) is 1. The molecule has 0 aromatic rings. The van der Waals surface area contributed by atoms with E-state index >= 15 is 0 Å². The van der Waals surface area contributed by atoms with E-state index in [1.165, 1.54) is 13.1 Å². The van der Waals surface area contributed by atoms with Crippen LogP contribution < -0.4 is 11.1 Å². The molecule has 5 nitrogen and oxygen atoms in total. The van der Waals surface area contributed by atoms with Gasteiger partial charge >= 0.3 is 6.09 Å². The van der Waals surface area contributed by atoms with Crippen molar-refractivity contribution in [3.63, 3.8) is 0 Å². The van der Waals surface area contributed by atoms with Crippen molar-refractivity contribution in [2.24, 2.45) is 5.73 Å². The highest BCUT2D eigenvalue weighted by Gasteiger charge is 1.99. The Balaban J connectivity index is 3.87. The second-order valence-corrected chi connectivity index (χ2v) is 2.06. The van der Waals surface area contributed by atoms with Crippen molar-refractivity contribution < 1.29 is 14.3 Å². The van der Waals surface area contributed by atoms with Crippen molar-refractivity contribution in [1.82, 2.24) is 5.32 Å². The van der Waals surface area contributed by atoms with Crippen LogP contribution >= 0.6 is 0 Å². The molecule has 0 aliphatic heterocycles. The summed E-state index contributed by atoms with van der Waals surface area (Å²) >= 11 is 0. The lowest BCUT2D eigenvalue weighted by Gasteiger charge is -2.00. The molecule has 0 atom stereocenters. The van der Waals surface area contributed by atoms with Gasteiger partial charge in [-0.2, -0.15) is 0 Å². The molecule has 0 saturated carbocycles. The molecule has 0 rings (SSSR count). The second-order valence-electron chi connectivity index (χ2n) is 2.06. The predicted molar refractivity (Wildman–Crippen MR) is 43.1 cm³/mol. The first-order valence-corrected chi connectivity index (χ1v) is 3.47. The van der Waals surface area contributed by atoms with Crippen LogP contribution in [0.25, 0.3) is 0 Å². The number of alkyl carbamates (subject to hydrolysis) is 1. The summed E-state index contributed by atoms with van der Waals surface area (Å²) in [5.74, 6) is -0.577. The number of primary amides is 1. The van der Waals surface area contributed by atoms with Crippen LogP contribution in [0.2, 0.25) is 0 Å². The second kappa shape index (κ2) is 5.17. The monoisotopic (exact) mass is 172 g/mol. The van der Waals surface area contributed by atoms with Crippen molar-refractivity contribution in [2.75, 3.05) is 6.61 Å². The summed E-state index contributed by atoms with van der Waals surface area (Å²) in [7, 11) is 0. The third-order valence-corrected chi connectivity index (χ3v) is 1.07. The molecule has 68 valence electrons. The minimum Gasteiger partial charge on any atom is -0.450 e. The smallest absolute Gasteiger partial charge is 0.411 e. The summed E-state index contributed by atoms with van der Waals surface area (Å²) < 4.78 is 4.53. The molecule has 2 amide bonds. The summed E-state index contributed by atoms with van der Waals surface area (Å²) in [5, 5.41) is 2.24. The van der Waals surface area contributed by atoms with Gasteiger partial charge in [0.15, 0.2) is 0 Å². The Labute approximate surface area is 70.6 Å². The molecule has 0 fully saturated rings. The summed E-state index contributed by atoms with van der Waals surface area (Å²) in [5.41, 5.74) is 5.16. The fraction of sp³-hybridized carbons (Fsp3) is 0.429. The molecule has 0 aromatic carbocycles. The molecule has 0 bridgehead atoms. The number of nitrogens with two attached hydrogens (primary N) is 1. The predicted octanol–water partition coefficient (Wildman–Crippen LogP) is 0.122. The molecule has 5 heteroatoms. The largest absolute Gasteiger partial charge is 0.450 e. The Bertz CT molecular complexity index is 211. The lowest BCUT2D eigenvalue weighted by Crippen LogP contribution is -2.21. The van der Waals surface area contributed by atoms with Gasteiger partial charge in [-0.25, -0.2) is 4.79 Å². The molecule has 0 aromatic heterocycles. The number of carbonyl (C=O) groups excluding carboxylic acids is 2. The van der Waals surface area contributed by atoms with Crippen molar-refractivity contribution in [3.05, 3.63) is 11.8 Å². The van der Waals surface area contributed by atoms with E-state index < -0.39 is 12.0 Å². The fourth-order valence-electron chi connectivity index (χ4n) is 0.411. The van der Waals surface area contributed by atoms with E-state index in [4.69, 9.17) is 5.73 Å². The van der Waals surface area contributed by atoms with E-state index in [-0.39, 0.29) is 12.2 Å². The zero-order chi connectivity index (χ0) is 9.56. The van der Waals surface area contributed by atoms with Crippen LogP contribution in [0.5, 0.6) is 0 Å². The van der Waals surface area contributed by atoms with Crippen LogP contribution in [-0.2, 0) is 9.53 Å². The van der Waals surface area contributed by atoms with E-state index in [2.05, 4.69) is 10.1 Å². The van der Waals surface area contributed by atoms with Crippen molar-refractivity contribution in [2.45, 2.75) is 13.8 Å². The third-order valence-electron chi connectivity index (χ3n) is 1.07. The summed E-state index contributed by atoms with van der Waals surface area (Å²) in [4.78, 5) is 21.1. The van der Waals surface area contributed by atoms with Gasteiger partial charge in [0.05, 0.1) is 6.61 Å². The Hall–Kier alpha value is -1.52. The van der Waals surface area contributed by atoms with E-state index in [1.54, 1.807) is 6.92 Å². The summed E-state index contributed by atoms with van der Waals surface area (Å²) in [6, 6.07) is 0. The highest BCUT2D eigenvalue weighted by molar-refractivity contribution is 5.91. The number of hydrogen-bond donors (Lipinski definition) is 2. The van der Waals surface area contributed by atoms with Gasteiger partial charge in [-0.1, -0.05) is 0 Å². The summed E-state index contributed by atoms with van der Waals surface area (Å²) in [6.45, 7) is 3.47. The molecule has 0 unspecified atom stereocenters. The number of nitrogens with one attached hydrogen (secondary N) is 1. The number of hydrogen-bond acceptors (Lipinski definition) is 3. The van der Waals surface area contributed by atoms with Crippen molar-refractivity contribution in [3.8, 4) is 0 Å². The van der Waals surface area contributed by atoms with Gasteiger partial charge in [0.1, 0.15) is 0 Å². The average Bonchev–Trinajstić information content (AvgIpc) is 2.00. The molecule has 0 heterocycles. The first kappa shape index (κ1) is 10.5. The fourth-order valence-corrected chi connectivity index (χ4v) is 0.411. The Morgan fingerprint density at radius 1 is 1.58 bits per heavy atom. The zero-order valence-electron chi connectivity index (χ0n) is 7.09. The lowest BCUT2D eigenvalue weighted by atomic mass is 10.3. The van der Waals surface area contributed by atoms with Gasteiger partial charge in [0.25, 0.3) is 0 Å². The SMILES string of the molecule is CCOC(=O)NC=C(C)C(N)=O. The topological polar surface area (TPSA) is 81.4 Å². The highest BCUT2D eigenvalue weighted by atomic mass is 16.5. The van der Waals surface area contributed by atoms with Gasteiger partial charge in [0.2, 0.25) is 5.91 Å². The average molecular weight is 172 g/mol.